The number of aromatic nitrogens is 2. The SMILES string of the molecule is Cc1ccc(C(=O)Nc2nc3ccc(OCC(F)(F)F)cc3s2)n1C. The summed E-state index contributed by atoms with van der Waals surface area (Å²) in [6.07, 6.45) is -4.39. The van der Waals surface area contributed by atoms with E-state index in [1.165, 1.54) is 23.5 Å². The molecule has 0 saturated heterocycles. The van der Waals surface area contributed by atoms with E-state index in [0.717, 1.165) is 5.69 Å². The lowest BCUT2D eigenvalue weighted by Gasteiger charge is -2.08. The fraction of sp³-hybridized carbons (Fsp3) is 0.250. The summed E-state index contributed by atoms with van der Waals surface area (Å²) < 4.78 is 43.7. The minimum atomic E-state index is -4.39. The molecular weight excluding hydrogens is 355 g/mol. The van der Waals surface area contributed by atoms with Crippen molar-refractivity contribution in [3.8, 4) is 5.75 Å². The summed E-state index contributed by atoms with van der Waals surface area (Å²) in [5.74, 6) is -0.201. The molecule has 3 rings (SSSR count). The zero-order chi connectivity index (χ0) is 18.2. The lowest BCUT2D eigenvalue weighted by molar-refractivity contribution is -0.153. The topological polar surface area (TPSA) is 56.1 Å². The van der Waals surface area contributed by atoms with Crippen LogP contribution in [-0.4, -0.2) is 28.2 Å². The number of carbonyl (C=O) groups excluding carboxylic acids is 1. The second-order valence-corrected chi connectivity index (χ2v) is 6.46. The minimum absolute atomic E-state index is 0.101. The van der Waals surface area contributed by atoms with Gasteiger partial charge >= 0.3 is 6.18 Å². The van der Waals surface area contributed by atoms with Gasteiger partial charge < -0.3 is 9.30 Å². The fourth-order valence-electron chi connectivity index (χ4n) is 2.22. The van der Waals surface area contributed by atoms with Crippen LogP contribution < -0.4 is 10.1 Å². The maximum Gasteiger partial charge on any atom is 0.422 e. The third-order valence-electron chi connectivity index (χ3n) is 3.59. The van der Waals surface area contributed by atoms with Gasteiger partial charge in [-0.25, -0.2) is 4.98 Å². The highest BCUT2D eigenvalue weighted by molar-refractivity contribution is 7.22. The average molecular weight is 369 g/mol. The largest absolute Gasteiger partial charge is 0.484 e. The molecule has 0 saturated carbocycles. The molecule has 1 aromatic carbocycles. The van der Waals surface area contributed by atoms with Gasteiger partial charge in [-0.05, 0) is 37.3 Å². The van der Waals surface area contributed by atoms with Crippen molar-refractivity contribution in [2.75, 3.05) is 11.9 Å². The fourth-order valence-corrected chi connectivity index (χ4v) is 3.11. The summed E-state index contributed by atoms with van der Waals surface area (Å²) in [6, 6.07) is 7.99. The molecule has 9 heteroatoms. The Morgan fingerprint density at radius 2 is 2.08 bits per heavy atom. The monoisotopic (exact) mass is 369 g/mol. The highest BCUT2D eigenvalue weighted by atomic mass is 32.1. The Morgan fingerprint density at radius 3 is 2.72 bits per heavy atom. The van der Waals surface area contributed by atoms with Crippen LogP contribution in [0.3, 0.4) is 0 Å². The third kappa shape index (κ3) is 3.93. The number of ether oxygens (including phenoxy) is 1. The molecule has 0 spiro atoms. The average Bonchev–Trinajstić information content (AvgIpc) is 3.07. The van der Waals surface area contributed by atoms with E-state index in [-0.39, 0.29) is 11.7 Å². The lowest BCUT2D eigenvalue weighted by atomic mass is 10.3. The van der Waals surface area contributed by atoms with Crippen LogP contribution >= 0.6 is 11.3 Å². The third-order valence-corrected chi connectivity index (χ3v) is 4.52. The molecular formula is C16H14F3N3O2S. The Kier molecular flexibility index (Phi) is 4.42. The van der Waals surface area contributed by atoms with Crippen molar-refractivity contribution in [3.05, 3.63) is 41.7 Å². The lowest BCUT2D eigenvalue weighted by Crippen LogP contribution is -2.19. The molecule has 1 amide bonds. The first kappa shape index (κ1) is 17.3. The second kappa shape index (κ2) is 6.40. The summed E-state index contributed by atoms with van der Waals surface area (Å²) in [6.45, 7) is 0.532. The number of nitrogens with zero attached hydrogens (tertiary/aromatic N) is 2. The zero-order valence-electron chi connectivity index (χ0n) is 13.3. The van der Waals surface area contributed by atoms with Gasteiger partial charge in [0.15, 0.2) is 11.7 Å². The number of anilines is 1. The van der Waals surface area contributed by atoms with Crippen molar-refractivity contribution >= 4 is 32.6 Å². The van der Waals surface area contributed by atoms with E-state index in [4.69, 9.17) is 4.74 Å². The molecule has 0 aliphatic heterocycles. The van der Waals surface area contributed by atoms with E-state index >= 15 is 0 Å². The van der Waals surface area contributed by atoms with E-state index in [1.54, 1.807) is 23.7 Å². The Morgan fingerprint density at radius 1 is 1.32 bits per heavy atom. The number of rotatable bonds is 4. The highest BCUT2D eigenvalue weighted by Crippen LogP contribution is 2.30. The zero-order valence-corrected chi connectivity index (χ0v) is 14.2. The van der Waals surface area contributed by atoms with Crippen LogP contribution in [0.15, 0.2) is 30.3 Å². The Bertz CT molecular complexity index is 930. The van der Waals surface area contributed by atoms with E-state index in [9.17, 15) is 18.0 Å². The van der Waals surface area contributed by atoms with Gasteiger partial charge in [0.2, 0.25) is 0 Å². The van der Waals surface area contributed by atoms with Gasteiger partial charge in [0.25, 0.3) is 5.91 Å². The summed E-state index contributed by atoms with van der Waals surface area (Å²) in [7, 11) is 1.78. The molecule has 0 radical (unpaired) electrons. The van der Waals surface area contributed by atoms with Crippen molar-refractivity contribution in [2.24, 2.45) is 7.05 Å². The van der Waals surface area contributed by atoms with Crippen LogP contribution in [0.4, 0.5) is 18.3 Å². The number of nitrogens with one attached hydrogen (secondary N) is 1. The Balaban J connectivity index is 1.77. The van der Waals surface area contributed by atoms with E-state index in [0.29, 0.717) is 21.0 Å². The first-order chi connectivity index (χ1) is 11.7. The van der Waals surface area contributed by atoms with Gasteiger partial charge in [0, 0.05) is 12.7 Å². The van der Waals surface area contributed by atoms with E-state index in [1.807, 2.05) is 13.0 Å². The van der Waals surface area contributed by atoms with Gasteiger partial charge in [-0.2, -0.15) is 13.2 Å². The molecule has 0 atom stereocenters. The number of amides is 1. The molecule has 3 aromatic rings. The van der Waals surface area contributed by atoms with Crippen LogP contribution in [0.1, 0.15) is 16.2 Å². The molecule has 0 bridgehead atoms. The number of halogens is 3. The van der Waals surface area contributed by atoms with Crippen molar-refractivity contribution in [2.45, 2.75) is 13.1 Å². The van der Waals surface area contributed by atoms with Crippen molar-refractivity contribution in [1.29, 1.82) is 0 Å². The molecule has 0 aliphatic rings. The molecule has 0 aliphatic carbocycles. The maximum absolute atomic E-state index is 12.3. The highest BCUT2D eigenvalue weighted by Gasteiger charge is 2.28. The molecule has 0 fully saturated rings. The number of carbonyl (C=O) groups is 1. The van der Waals surface area contributed by atoms with Crippen LogP contribution in [-0.2, 0) is 7.05 Å². The minimum Gasteiger partial charge on any atom is -0.484 e. The molecule has 5 nitrogen and oxygen atoms in total. The summed E-state index contributed by atoms with van der Waals surface area (Å²) in [4.78, 5) is 16.6. The number of hydrogen-bond acceptors (Lipinski definition) is 4. The van der Waals surface area contributed by atoms with E-state index in [2.05, 4.69) is 10.3 Å². The second-order valence-electron chi connectivity index (χ2n) is 5.43. The predicted molar refractivity (Wildman–Crippen MR) is 89.3 cm³/mol. The molecule has 0 unspecified atom stereocenters. The molecule has 2 heterocycles. The van der Waals surface area contributed by atoms with Gasteiger partial charge in [-0.3, -0.25) is 10.1 Å². The molecule has 2 aromatic heterocycles. The molecule has 25 heavy (non-hydrogen) atoms. The van der Waals surface area contributed by atoms with Crippen molar-refractivity contribution < 1.29 is 22.7 Å². The van der Waals surface area contributed by atoms with Gasteiger partial charge in [-0.15, -0.1) is 0 Å². The van der Waals surface area contributed by atoms with Crippen LogP contribution in [0.5, 0.6) is 5.75 Å². The van der Waals surface area contributed by atoms with Crippen molar-refractivity contribution in [3.63, 3.8) is 0 Å². The standard InChI is InChI=1S/C16H14F3N3O2S/c1-9-3-6-12(22(9)2)14(23)21-15-20-11-5-4-10(7-13(11)25-15)24-8-16(17,18)19/h3-7H,8H2,1-2H3,(H,20,21,23). The quantitative estimate of drug-likeness (QED) is 0.752. The smallest absolute Gasteiger partial charge is 0.422 e. The molecule has 132 valence electrons. The normalized spacial score (nSPS) is 11.7. The van der Waals surface area contributed by atoms with Crippen LogP contribution in [0, 0.1) is 6.92 Å². The van der Waals surface area contributed by atoms with Crippen molar-refractivity contribution in [1.82, 2.24) is 9.55 Å². The number of hydrogen-bond donors (Lipinski definition) is 1. The van der Waals surface area contributed by atoms with E-state index < -0.39 is 12.8 Å². The number of aryl methyl sites for hydroxylation is 1. The summed E-state index contributed by atoms with van der Waals surface area (Å²) in [5, 5.41) is 3.07. The maximum atomic E-state index is 12.3. The number of fused-ring (bicyclic) bond motifs is 1. The predicted octanol–water partition coefficient (Wildman–Crippen LogP) is 4.14. The first-order valence-corrected chi connectivity index (χ1v) is 8.08. The molecule has 1 N–H and O–H groups in total. The summed E-state index contributed by atoms with van der Waals surface area (Å²) in [5.41, 5.74) is 2.01. The van der Waals surface area contributed by atoms with Crippen LogP contribution in [0.25, 0.3) is 10.2 Å². The van der Waals surface area contributed by atoms with Gasteiger partial charge in [-0.1, -0.05) is 11.3 Å². The number of alkyl halides is 3. The Labute approximate surface area is 145 Å². The number of thiazole rings is 1. The summed E-state index contributed by atoms with van der Waals surface area (Å²) >= 11 is 1.17. The van der Waals surface area contributed by atoms with Crippen LogP contribution in [0.2, 0.25) is 0 Å². The first-order valence-electron chi connectivity index (χ1n) is 7.27. The van der Waals surface area contributed by atoms with Gasteiger partial charge in [0.1, 0.15) is 11.4 Å². The Hall–Kier alpha value is -2.55. The number of benzene rings is 1. The van der Waals surface area contributed by atoms with Gasteiger partial charge in [0.05, 0.1) is 10.2 Å².